The van der Waals surface area contributed by atoms with Gasteiger partial charge in [-0.1, -0.05) is 18.2 Å². The zero-order chi connectivity index (χ0) is 24.3. The van der Waals surface area contributed by atoms with Crippen LogP contribution < -0.4 is 4.74 Å². The van der Waals surface area contributed by atoms with Crippen LogP contribution in [0.2, 0.25) is 0 Å². The van der Waals surface area contributed by atoms with Crippen molar-refractivity contribution in [2.75, 3.05) is 39.4 Å². The third-order valence-corrected chi connectivity index (χ3v) is 7.79. The highest BCUT2D eigenvalue weighted by Crippen LogP contribution is 2.31. The lowest BCUT2D eigenvalue weighted by Gasteiger charge is -2.34. The molecule has 2 heterocycles. The molecule has 7 nitrogen and oxygen atoms in total. The van der Waals surface area contributed by atoms with E-state index in [1.54, 1.807) is 24.3 Å². The molecule has 0 spiro atoms. The first-order valence-corrected chi connectivity index (χ1v) is 12.4. The van der Waals surface area contributed by atoms with Crippen molar-refractivity contribution in [1.82, 2.24) is 9.21 Å². The van der Waals surface area contributed by atoms with E-state index in [2.05, 4.69) is 0 Å². The van der Waals surface area contributed by atoms with Gasteiger partial charge in [-0.2, -0.15) is 17.5 Å². The molecule has 0 aromatic heterocycles. The second-order valence-corrected chi connectivity index (χ2v) is 10.1. The van der Waals surface area contributed by atoms with Crippen LogP contribution in [0.1, 0.15) is 28.8 Å². The largest absolute Gasteiger partial charge is 0.490 e. The van der Waals surface area contributed by atoms with E-state index in [4.69, 9.17) is 9.47 Å². The first-order valence-electron chi connectivity index (χ1n) is 11.0. The Labute approximate surface area is 196 Å². The minimum Gasteiger partial charge on any atom is -0.490 e. The topological polar surface area (TPSA) is 76.2 Å². The number of hydrogen-bond acceptors (Lipinski definition) is 5. The molecule has 2 aromatic carbocycles. The summed E-state index contributed by atoms with van der Waals surface area (Å²) in [7, 11) is -4.13. The van der Waals surface area contributed by atoms with Crippen molar-refractivity contribution in [3.05, 3.63) is 59.7 Å². The molecule has 11 heteroatoms. The van der Waals surface area contributed by atoms with Crippen LogP contribution in [0.5, 0.6) is 5.75 Å². The van der Waals surface area contributed by atoms with Crippen molar-refractivity contribution >= 4 is 15.9 Å². The Morgan fingerprint density at radius 2 is 1.79 bits per heavy atom. The molecule has 1 unspecified atom stereocenters. The summed E-state index contributed by atoms with van der Waals surface area (Å²) in [4.78, 5) is 14.2. The molecule has 0 N–H and O–H groups in total. The number of halogens is 3. The van der Waals surface area contributed by atoms with E-state index in [-0.39, 0.29) is 38.2 Å². The number of alkyl halides is 3. The standard InChI is InChI=1S/C23H25F3N2O5S/c24-23(25,26)17-5-3-7-19(15-17)34(30,31)28-12-10-27(11-13-28)22(29)20-8-1-2-9-21(20)33-16-18-6-4-14-32-18/h1-3,5,7-9,15,18H,4,6,10-14,16H2. The van der Waals surface area contributed by atoms with Crippen LogP contribution in [0.25, 0.3) is 0 Å². The number of sulfonamides is 1. The first kappa shape index (κ1) is 24.5. The zero-order valence-corrected chi connectivity index (χ0v) is 19.1. The van der Waals surface area contributed by atoms with Crippen molar-refractivity contribution in [3.8, 4) is 5.75 Å². The quantitative estimate of drug-likeness (QED) is 0.610. The molecule has 1 atom stereocenters. The van der Waals surface area contributed by atoms with Gasteiger partial charge >= 0.3 is 6.18 Å². The Morgan fingerprint density at radius 1 is 1.06 bits per heavy atom. The van der Waals surface area contributed by atoms with E-state index in [0.717, 1.165) is 35.3 Å². The molecule has 2 saturated heterocycles. The molecular weight excluding hydrogens is 473 g/mol. The lowest BCUT2D eigenvalue weighted by atomic mass is 10.1. The molecule has 184 valence electrons. The number of carbonyl (C=O) groups is 1. The molecule has 34 heavy (non-hydrogen) atoms. The molecule has 4 rings (SSSR count). The molecule has 0 radical (unpaired) electrons. The number of piperazine rings is 1. The van der Waals surface area contributed by atoms with Gasteiger partial charge in [0.15, 0.2) is 0 Å². The SMILES string of the molecule is O=C(c1ccccc1OCC1CCCO1)N1CCN(S(=O)(=O)c2cccc(C(F)(F)F)c2)CC1. The van der Waals surface area contributed by atoms with Crippen LogP contribution in [0.4, 0.5) is 13.2 Å². The molecule has 1 amide bonds. The minimum absolute atomic E-state index is 0.00671. The van der Waals surface area contributed by atoms with Crippen molar-refractivity contribution in [2.45, 2.75) is 30.0 Å². The Morgan fingerprint density at radius 3 is 2.47 bits per heavy atom. The highest BCUT2D eigenvalue weighted by molar-refractivity contribution is 7.89. The van der Waals surface area contributed by atoms with Crippen LogP contribution in [0.15, 0.2) is 53.4 Å². The molecule has 2 aliphatic rings. The highest BCUT2D eigenvalue weighted by Gasteiger charge is 2.35. The second kappa shape index (κ2) is 9.93. The molecule has 0 bridgehead atoms. The van der Waals surface area contributed by atoms with E-state index in [9.17, 15) is 26.4 Å². The summed E-state index contributed by atoms with van der Waals surface area (Å²) in [6.45, 7) is 1.20. The molecule has 2 aliphatic heterocycles. The van der Waals surface area contributed by atoms with Crippen molar-refractivity contribution < 1.29 is 35.9 Å². The number of carbonyl (C=O) groups excluding carboxylic acids is 1. The predicted molar refractivity (Wildman–Crippen MR) is 117 cm³/mol. The fourth-order valence-corrected chi connectivity index (χ4v) is 5.48. The summed E-state index contributed by atoms with van der Waals surface area (Å²) >= 11 is 0. The maximum absolute atomic E-state index is 13.1. The van der Waals surface area contributed by atoms with Gasteiger partial charge in [0, 0.05) is 32.8 Å². The number of benzene rings is 2. The molecular formula is C23H25F3N2O5S. The summed E-state index contributed by atoms with van der Waals surface area (Å²) in [6, 6.07) is 10.5. The molecule has 0 aliphatic carbocycles. The van der Waals surface area contributed by atoms with Crippen LogP contribution >= 0.6 is 0 Å². The zero-order valence-electron chi connectivity index (χ0n) is 18.3. The van der Waals surface area contributed by atoms with Crippen LogP contribution in [0, 0.1) is 0 Å². The fraction of sp³-hybridized carbons (Fsp3) is 0.435. The summed E-state index contributed by atoms with van der Waals surface area (Å²) in [6.07, 6.45) is -2.77. The lowest BCUT2D eigenvalue weighted by molar-refractivity contribution is -0.137. The van der Waals surface area contributed by atoms with E-state index < -0.39 is 26.7 Å². The van der Waals surface area contributed by atoms with Gasteiger partial charge in [-0.15, -0.1) is 0 Å². The first-order chi connectivity index (χ1) is 16.2. The fourth-order valence-electron chi connectivity index (χ4n) is 4.01. The molecule has 0 saturated carbocycles. The highest BCUT2D eigenvalue weighted by atomic mass is 32.2. The lowest BCUT2D eigenvalue weighted by Crippen LogP contribution is -2.50. The summed E-state index contributed by atoms with van der Waals surface area (Å²) < 4.78 is 77.3. The average molecular weight is 499 g/mol. The minimum atomic E-state index is -4.64. The Hall–Kier alpha value is -2.63. The number of hydrogen-bond donors (Lipinski definition) is 0. The summed E-state index contributed by atoms with van der Waals surface area (Å²) in [5, 5.41) is 0. The molecule has 2 aromatic rings. The maximum Gasteiger partial charge on any atom is 0.416 e. The van der Waals surface area contributed by atoms with Gasteiger partial charge in [-0.05, 0) is 43.2 Å². The second-order valence-electron chi connectivity index (χ2n) is 8.16. The predicted octanol–water partition coefficient (Wildman–Crippen LogP) is 3.41. The van der Waals surface area contributed by atoms with Gasteiger partial charge < -0.3 is 14.4 Å². The average Bonchev–Trinajstić information content (AvgIpc) is 3.36. The number of amides is 1. The molecule has 2 fully saturated rings. The van der Waals surface area contributed by atoms with Gasteiger partial charge in [0.05, 0.1) is 22.1 Å². The number of ether oxygens (including phenoxy) is 2. The van der Waals surface area contributed by atoms with Gasteiger partial charge in [-0.3, -0.25) is 4.79 Å². The van der Waals surface area contributed by atoms with E-state index in [1.165, 1.54) is 4.90 Å². The Bertz CT molecular complexity index is 1130. The van der Waals surface area contributed by atoms with Crippen molar-refractivity contribution in [2.24, 2.45) is 0 Å². The Kier molecular flexibility index (Phi) is 7.15. The van der Waals surface area contributed by atoms with Crippen molar-refractivity contribution in [3.63, 3.8) is 0 Å². The van der Waals surface area contributed by atoms with Crippen LogP contribution in [0.3, 0.4) is 0 Å². The summed E-state index contributed by atoms with van der Waals surface area (Å²) in [5.74, 6) is 0.140. The van der Waals surface area contributed by atoms with Gasteiger partial charge in [0.25, 0.3) is 5.91 Å². The number of rotatable bonds is 6. The van der Waals surface area contributed by atoms with Crippen LogP contribution in [-0.4, -0.2) is 69.0 Å². The Balaban J connectivity index is 1.41. The van der Waals surface area contributed by atoms with Crippen LogP contribution in [-0.2, 0) is 20.9 Å². The van der Waals surface area contributed by atoms with Gasteiger partial charge in [0.1, 0.15) is 12.4 Å². The summed E-state index contributed by atoms with van der Waals surface area (Å²) in [5.41, 5.74) is -0.656. The van der Waals surface area contributed by atoms with Crippen molar-refractivity contribution in [1.29, 1.82) is 0 Å². The van der Waals surface area contributed by atoms with Gasteiger partial charge in [-0.25, -0.2) is 8.42 Å². The normalized spacial score (nSPS) is 19.9. The van der Waals surface area contributed by atoms with E-state index in [1.807, 2.05) is 0 Å². The third kappa shape index (κ3) is 5.37. The van der Waals surface area contributed by atoms with E-state index in [0.29, 0.717) is 30.6 Å². The van der Waals surface area contributed by atoms with E-state index >= 15 is 0 Å². The number of para-hydroxylation sites is 1. The maximum atomic E-state index is 13.1. The monoisotopic (exact) mass is 498 g/mol. The third-order valence-electron chi connectivity index (χ3n) is 5.89. The number of nitrogens with zero attached hydrogens (tertiary/aromatic N) is 2. The van der Waals surface area contributed by atoms with Gasteiger partial charge in [0.2, 0.25) is 10.0 Å². The smallest absolute Gasteiger partial charge is 0.416 e.